The fourth-order valence-electron chi connectivity index (χ4n) is 4.64. The molecule has 3 fully saturated rings. The summed E-state index contributed by atoms with van der Waals surface area (Å²) in [6.45, 7) is 7.22. The van der Waals surface area contributed by atoms with Gasteiger partial charge in [-0.2, -0.15) is 0 Å². The third kappa shape index (κ3) is 2.38. The molecule has 5 atom stereocenters. The number of fused-ring (bicyclic) bond motifs is 1. The van der Waals surface area contributed by atoms with Crippen LogP contribution in [-0.4, -0.2) is 36.9 Å². The monoisotopic (exact) mass is 310 g/mol. The molecule has 124 valence electrons. The van der Waals surface area contributed by atoms with E-state index in [0.717, 1.165) is 32.0 Å². The zero-order valence-electron chi connectivity index (χ0n) is 13.7. The summed E-state index contributed by atoms with van der Waals surface area (Å²) in [6.07, 6.45) is 4.30. The second kappa shape index (κ2) is 5.60. The van der Waals surface area contributed by atoms with Crippen LogP contribution in [0.15, 0.2) is 0 Å². The van der Waals surface area contributed by atoms with Gasteiger partial charge in [0.2, 0.25) is 0 Å². The van der Waals surface area contributed by atoms with Crippen molar-refractivity contribution < 1.29 is 23.8 Å². The van der Waals surface area contributed by atoms with E-state index >= 15 is 0 Å². The van der Waals surface area contributed by atoms with Crippen LogP contribution in [0.1, 0.15) is 46.5 Å². The van der Waals surface area contributed by atoms with Crippen LogP contribution in [0.25, 0.3) is 0 Å². The van der Waals surface area contributed by atoms with Gasteiger partial charge in [0.25, 0.3) is 0 Å². The number of esters is 1. The smallest absolute Gasteiger partial charge is 0.310 e. The molecule has 0 aromatic heterocycles. The molecule has 2 aliphatic heterocycles. The van der Waals surface area contributed by atoms with Crippen molar-refractivity contribution in [3.8, 4) is 0 Å². The van der Waals surface area contributed by atoms with Crippen LogP contribution in [0.5, 0.6) is 0 Å². The first kappa shape index (κ1) is 15.9. The maximum atomic E-state index is 12.0. The minimum Gasteiger partial charge on any atom is -0.450 e. The van der Waals surface area contributed by atoms with Crippen molar-refractivity contribution in [2.75, 3.05) is 13.2 Å². The van der Waals surface area contributed by atoms with E-state index in [-0.39, 0.29) is 23.7 Å². The van der Waals surface area contributed by atoms with Gasteiger partial charge < -0.3 is 14.2 Å². The molecule has 22 heavy (non-hydrogen) atoms. The molecule has 3 aliphatic rings. The van der Waals surface area contributed by atoms with Crippen molar-refractivity contribution in [3.63, 3.8) is 0 Å². The van der Waals surface area contributed by atoms with E-state index in [1.165, 1.54) is 0 Å². The van der Waals surface area contributed by atoms with Gasteiger partial charge in [0.1, 0.15) is 0 Å². The standard InChI is InChI=1S/C17H26O5/c1-11-4-5-14-12(2)15(19)22-17(14,10-18)13(11)6-7-16(3)20-8-9-21-16/h10-14H,4-9H2,1-3H3/t11-,12-,13+,14+,17+/m1/s1. The minimum absolute atomic E-state index is 0.0110. The Kier molecular flexibility index (Phi) is 4.06. The second-order valence-electron chi connectivity index (χ2n) is 7.32. The van der Waals surface area contributed by atoms with E-state index in [4.69, 9.17) is 14.2 Å². The molecule has 0 radical (unpaired) electrons. The lowest BCUT2D eigenvalue weighted by atomic mass is 9.61. The van der Waals surface area contributed by atoms with E-state index in [0.29, 0.717) is 19.1 Å². The molecule has 0 spiro atoms. The summed E-state index contributed by atoms with van der Waals surface area (Å²) >= 11 is 0. The van der Waals surface area contributed by atoms with Crippen LogP contribution < -0.4 is 0 Å². The molecule has 2 saturated heterocycles. The van der Waals surface area contributed by atoms with Crippen LogP contribution in [0.2, 0.25) is 0 Å². The van der Waals surface area contributed by atoms with Gasteiger partial charge in [-0.05, 0) is 32.1 Å². The van der Waals surface area contributed by atoms with Crippen LogP contribution in [0, 0.1) is 23.7 Å². The minimum atomic E-state index is -0.941. The van der Waals surface area contributed by atoms with Crippen molar-refractivity contribution in [1.29, 1.82) is 0 Å². The lowest BCUT2D eigenvalue weighted by Gasteiger charge is -2.45. The summed E-state index contributed by atoms with van der Waals surface area (Å²) in [6, 6.07) is 0. The Morgan fingerprint density at radius 1 is 1.23 bits per heavy atom. The van der Waals surface area contributed by atoms with Crippen LogP contribution in [0.4, 0.5) is 0 Å². The number of aldehydes is 1. The van der Waals surface area contributed by atoms with Gasteiger partial charge in [0.05, 0.1) is 19.1 Å². The van der Waals surface area contributed by atoms with E-state index in [2.05, 4.69) is 6.92 Å². The van der Waals surface area contributed by atoms with Gasteiger partial charge in [-0.3, -0.25) is 9.59 Å². The molecular weight excluding hydrogens is 284 g/mol. The molecule has 0 bridgehead atoms. The average Bonchev–Trinajstić information content (AvgIpc) is 3.02. The Hall–Kier alpha value is -0.940. The second-order valence-corrected chi connectivity index (χ2v) is 7.32. The third-order valence-electron chi connectivity index (χ3n) is 6.02. The van der Waals surface area contributed by atoms with Crippen molar-refractivity contribution in [1.82, 2.24) is 0 Å². The van der Waals surface area contributed by atoms with Gasteiger partial charge in [0.15, 0.2) is 17.7 Å². The molecule has 0 amide bonds. The first-order valence-electron chi connectivity index (χ1n) is 8.39. The van der Waals surface area contributed by atoms with Gasteiger partial charge in [-0.1, -0.05) is 13.8 Å². The normalized spacial score (nSPS) is 43.7. The van der Waals surface area contributed by atoms with E-state index in [1.807, 2.05) is 13.8 Å². The summed E-state index contributed by atoms with van der Waals surface area (Å²) in [5.74, 6) is -0.570. The van der Waals surface area contributed by atoms with Crippen molar-refractivity contribution >= 4 is 12.3 Å². The van der Waals surface area contributed by atoms with Crippen LogP contribution in [-0.2, 0) is 23.8 Å². The Morgan fingerprint density at radius 3 is 2.55 bits per heavy atom. The fourth-order valence-corrected chi connectivity index (χ4v) is 4.64. The molecule has 2 heterocycles. The number of rotatable bonds is 4. The Balaban J connectivity index is 1.80. The number of hydrogen-bond acceptors (Lipinski definition) is 5. The molecule has 1 saturated carbocycles. The Labute approximate surface area is 131 Å². The maximum absolute atomic E-state index is 12.0. The zero-order chi connectivity index (χ0) is 16.0. The molecule has 0 unspecified atom stereocenters. The van der Waals surface area contributed by atoms with Gasteiger partial charge in [-0.25, -0.2) is 0 Å². The number of hydrogen-bond donors (Lipinski definition) is 0. The first-order valence-corrected chi connectivity index (χ1v) is 8.39. The highest BCUT2D eigenvalue weighted by molar-refractivity contribution is 5.82. The van der Waals surface area contributed by atoms with Crippen LogP contribution >= 0.6 is 0 Å². The molecule has 5 nitrogen and oxygen atoms in total. The van der Waals surface area contributed by atoms with E-state index in [1.54, 1.807) is 0 Å². The lowest BCUT2D eigenvalue weighted by molar-refractivity contribution is -0.173. The van der Waals surface area contributed by atoms with E-state index in [9.17, 15) is 9.59 Å². The summed E-state index contributed by atoms with van der Waals surface area (Å²) in [4.78, 5) is 24.0. The highest BCUT2D eigenvalue weighted by Crippen LogP contribution is 2.52. The first-order chi connectivity index (χ1) is 10.4. The SMILES string of the molecule is C[C@@H]1CC[C@H]2[C@@H](C)C(=O)O[C@@]2(C=O)[C@H]1CCC1(C)OCCO1. The summed E-state index contributed by atoms with van der Waals surface area (Å²) in [5, 5.41) is 0. The Bertz CT molecular complexity index is 456. The van der Waals surface area contributed by atoms with Crippen molar-refractivity contribution in [2.24, 2.45) is 23.7 Å². The zero-order valence-corrected chi connectivity index (χ0v) is 13.7. The van der Waals surface area contributed by atoms with Crippen molar-refractivity contribution in [2.45, 2.75) is 57.8 Å². The van der Waals surface area contributed by atoms with Gasteiger partial charge in [-0.15, -0.1) is 0 Å². The predicted octanol–water partition coefficient (Wildman–Crippen LogP) is 2.32. The topological polar surface area (TPSA) is 61.8 Å². The largest absolute Gasteiger partial charge is 0.450 e. The highest BCUT2D eigenvalue weighted by atomic mass is 16.7. The molecule has 0 aromatic rings. The molecule has 1 aliphatic carbocycles. The number of ether oxygens (including phenoxy) is 3. The van der Waals surface area contributed by atoms with Gasteiger partial charge in [0, 0.05) is 18.3 Å². The lowest BCUT2D eigenvalue weighted by Crippen LogP contribution is -2.52. The molecule has 0 N–H and O–H groups in total. The highest BCUT2D eigenvalue weighted by Gasteiger charge is 2.61. The van der Waals surface area contributed by atoms with Crippen LogP contribution in [0.3, 0.4) is 0 Å². The Morgan fingerprint density at radius 2 is 1.91 bits per heavy atom. The molecule has 0 aromatic carbocycles. The van der Waals surface area contributed by atoms with Gasteiger partial charge >= 0.3 is 5.97 Å². The average molecular weight is 310 g/mol. The summed E-state index contributed by atoms with van der Waals surface area (Å²) in [7, 11) is 0. The number of carbonyl (C=O) groups is 2. The van der Waals surface area contributed by atoms with Crippen molar-refractivity contribution in [3.05, 3.63) is 0 Å². The number of carbonyl (C=O) groups excluding carboxylic acids is 2. The maximum Gasteiger partial charge on any atom is 0.310 e. The fraction of sp³-hybridized carbons (Fsp3) is 0.882. The van der Waals surface area contributed by atoms with E-state index < -0.39 is 11.4 Å². The quantitative estimate of drug-likeness (QED) is 0.589. The molecule has 3 rings (SSSR count). The molecule has 5 heteroatoms. The summed E-state index contributed by atoms with van der Waals surface area (Å²) in [5.41, 5.74) is -0.941. The third-order valence-corrected chi connectivity index (χ3v) is 6.02. The predicted molar refractivity (Wildman–Crippen MR) is 79.0 cm³/mol. The summed E-state index contributed by atoms with van der Waals surface area (Å²) < 4.78 is 17.0. The molecular formula is C17H26O5.